The third-order valence-corrected chi connectivity index (χ3v) is 4.78. The number of nitrogens with zero attached hydrogens (tertiary/aromatic N) is 3. The Kier molecular flexibility index (Phi) is 6.57. The molecule has 0 atom stereocenters. The monoisotopic (exact) mass is 384 g/mol. The average molecular weight is 384 g/mol. The van der Waals surface area contributed by atoms with Crippen LogP contribution in [0.15, 0.2) is 42.5 Å². The van der Waals surface area contributed by atoms with Crippen molar-refractivity contribution in [3.8, 4) is 0 Å². The van der Waals surface area contributed by atoms with E-state index in [0.29, 0.717) is 32.7 Å². The number of hydrogen-bond acceptors (Lipinski definition) is 4. The van der Waals surface area contributed by atoms with Crippen LogP contribution in [-0.4, -0.2) is 54.4 Å². The molecule has 0 bridgehead atoms. The first-order valence-electron chi connectivity index (χ1n) is 9.63. The second kappa shape index (κ2) is 9.30. The molecule has 0 saturated carbocycles. The van der Waals surface area contributed by atoms with Crippen molar-refractivity contribution in [2.75, 3.05) is 37.6 Å². The zero-order valence-electron chi connectivity index (χ0n) is 16.0. The van der Waals surface area contributed by atoms with E-state index in [2.05, 4.69) is 22.1 Å². The summed E-state index contributed by atoms with van der Waals surface area (Å²) in [6.45, 7) is 5.07. The van der Waals surface area contributed by atoms with Crippen molar-refractivity contribution in [1.82, 2.24) is 15.2 Å². The van der Waals surface area contributed by atoms with Crippen LogP contribution in [0.4, 0.5) is 10.1 Å². The van der Waals surface area contributed by atoms with E-state index in [-0.39, 0.29) is 29.0 Å². The van der Waals surface area contributed by atoms with E-state index >= 15 is 0 Å². The maximum absolute atomic E-state index is 13.1. The standard InChI is InChI=1S/C21H25FN4O2/c1-2-3-11-23-20(27)18-5-4-6-19(24-18)21(28)26-14-12-25(13-15-26)17-9-7-16(22)8-10-17/h4-10H,2-3,11-15H2,1H3,(H,23,27). The summed E-state index contributed by atoms with van der Waals surface area (Å²) in [6.07, 6.45) is 1.90. The highest BCUT2D eigenvalue weighted by molar-refractivity contribution is 5.96. The van der Waals surface area contributed by atoms with Crippen molar-refractivity contribution >= 4 is 17.5 Å². The molecule has 0 unspecified atom stereocenters. The fraction of sp³-hybridized carbons (Fsp3) is 0.381. The molecule has 0 spiro atoms. The maximum Gasteiger partial charge on any atom is 0.272 e. The van der Waals surface area contributed by atoms with Gasteiger partial charge >= 0.3 is 0 Å². The molecule has 1 aromatic carbocycles. The van der Waals surface area contributed by atoms with E-state index in [1.54, 1.807) is 35.2 Å². The number of halogens is 1. The first kappa shape index (κ1) is 19.8. The lowest BCUT2D eigenvalue weighted by Gasteiger charge is -2.36. The number of rotatable bonds is 6. The number of aromatic nitrogens is 1. The van der Waals surface area contributed by atoms with Gasteiger partial charge in [0.2, 0.25) is 0 Å². The molecule has 1 saturated heterocycles. The van der Waals surface area contributed by atoms with E-state index in [1.807, 2.05) is 0 Å². The Balaban J connectivity index is 1.59. The second-order valence-corrected chi connectivity index (χ2v) is 6.77. The summed E-state index contributed by atoms with van der Waals surface area (Å²) in [5.41, 5.74) is 1.47. The van der Waals surface area contributed by atoms with Crippen molar-refractivity contribution in [2.24, 2.45) is 0 Å². The van der Waals surface area contributed by atoms with Crippen LogP contribution in [0.2, 0.25) is 0 Å². The summed E-state index contributed by atoms with van der Waals surface area (Å²) in [5.74, 6) is -0.701. The molecule has 0 aliphatic carbocycles. The van der Waals surface area contributed by atoms with Crippen LogP contribution in [0.25, 0.3) is 0 Å². The number of amides is 2. The quantitative estimate of drug-likeness (QED) is 0.778. The minimum atomic E-state index is -0.262. The fourth-order valence-electron chi connectivity index (χ4n) is 3.13. The van der Waals surface area contributed by atoms with Gasteiger partial charge in [0, 0.05) is 38.4 Å². The molecule has 2 aromatic rings. The number of benzene rings is 1. The summed E-state index contributed by atoms with van der Waals surface area (Å²) in [7, 11) is 0. The van der Waals surface area contributed by atoms with Crippen LogP contribution < -0.4 is 10.2 Å². The third-order valence-electron chi connectivity index (χ3n) is 4.78. The molecule has 3 rings (SSSR count). The van der Waals surface area contributed by atoms with Gasteiger partial charge in [0.25, 0.3) is 11.8 Å². The highest BCUT2D eigenvalue weighted by atomic mass is 19.1. The van der Waals surface area contributed by atoms with Crippen LogP contribution in [0.5, 0.6) is 0 Å². The van der Waals surface area contributed by atoms with Crippen LogP contribution in [-0.2, 0) is 0 Å². The summed E-state index contributed by atoms with van der Waals surface area (Å²) >= 11 is 0. The molecule has 0 radical (unpaired) electrons. The van der Waals surface area contributed by atoms with Gasteiger partial charge in [-0.15, -0.1) is 0 Å². The molecule has 6 nitrogen and oxygen atoms in total. The second-order valence-electron chi connectivity index (χ2n) is 6.77. The Bertz CT molecular complexity index is 817. The predicted octanol–water partition coefficient (Wildman–Crippen LogP) is 2.71. The van der Waals surface area contributed by atoms with Crippen molar-refractivity contribution in [2.45, 2.75) is 19.8 Å². The third kappa shape index (κ3) is 4.85. The molecular formula is C21H25FN4O2. The van der Waals surface area contributed by atoms with Crippen LogP contribution in [0.1, 0.15) is 40.7 Å². The van der Waals surface area contributed by atoms with Gasteiger partial charge in [0.15, 0.2) is 0 Å². The summed E-state index contributed by atoms with van der Waals surface area (Å²) < 4.78 is 13.1. The molecule has 1 aliphatic rings. The number of carbonyl (C=O) groups excluding carboxylic acids is 2. The molecule has 1 fully saturated rings. The molecule has 1 aliphatic heterocycles. The Hall–Kier alpha value is -2.96. The first-order valence-corrected chi connectivity index (χ1v) is 9.63. The predicted molar refractivity (Wildman–Crippen MR) is 106 cm³/mol. The van der Waals surface area contributed by atoms with Crippen molar-refractivity contribution in [3.63, 3.8) is 0 Å². The van der Waals surface area contributed by atoms with Gasteiger partial charge < -0.3 is 15.1 Å². The van der Waals surface area contributed by atoms with E-state index in [9.17, 15) is 14.0 Å². The Morgan fingerprint density at radius 2 is 1.71 bits per heavy atom. The van der Waals surface area contributed by atoms with Gasteiger partial charge in [-0.1, -0.05) is 19.4 Å². The van der Waals surface area contributed by atoms with Gasteiger partial charge in [-0.3, -0.25) is 9.59 Å². The van der Waals surface area contributed by atoms with Crippen molar-refractivity contribution in [1.29, 1.82) is 0 Å². The zero-order chi connectivity index (χ0) is 19.9. The van der Waals surface area contributed by atoms with E-state index < -0.39 is 0 Å². The van der Waals surface area contributed by atoms with Gasteiger partial charge in [-0.2, -0.15) is 0 Å². The number of anilines is 1. The summed E-state index contributed by atoms with van der Waals surface area (Å²) in [6, 6.07) is 11.3. The minimum Gasteiger partial charge on any atom is -0.368 e. The number of carbonyl (C=O) groups is 2. The Morgan fingerprint density at radius 3 is 2.39 bits per heavy atom. The first-order chi connectivity index (χ1) is 13.6. The van der Waals surface area contributed by atoms with Gasteiger partial charge in [0.1, 0.15) is 17.2 Å². The van der Waals surface area contributed by atoms with Crippen LogP contribution in [0.3, 0.4) is 0 Å². The lowest BCUT2D eigenvalue weighted by molar-refractivity contribution is 0.0740. The summed E-state index contributed by atoms with van der Waals surface area (Å²) in [5, 5.41) is 2.81. The van der Waals surface area contributed by atoms with Crippen molar-refractivity contribution < 1.29 is 14.0 Å². The molecule has 7 heteroatoms. The molecule has 28 heavy (non-hydrogen) atoms. The van der Waals surface area contributed by atoms with E-state index in [1.165, 1.54) is 12.1 Å². The van der Waals surface area contributed by atoms with Crippen molar-refractivity contribution in [3.05, 3.63) is 59.7 Å². The SMILES string of the molecule is CCCCNC(=O)c1cccc(C(=O)N2CCN(c3ccc(F)cc3)CC2)n1. The molecule has 2 amide bonds. The van der Waals surface area contributed by atoms with E-state index in [0.717, 1.165) is 18.5 Å². The smallest absolute Gasteiger partial charge is 0.272 e. The Morgan fingerprint density at radius 1 is 1.04 bits per heavy atom. The number of hydrogen-bond donors (Lipinski definition) is 1. The number of unbranched alkanes of at least 4 members (excludes halogenated alkanes) is 1. The largest absolute Gasteiger partial charge is 0.368 e. The maximum atomic E-state index is 13.1. The highest BCUT2D eigenvalue weighted by Crippen LogP contribution is 2.17. The zero-order valence-corrected chi connectivity index (χ0v) is 16.0. The molecule has 2 heterocycles. The normalized spacial score (nSPS) is 14.1. The lowest BCUT2D eigenvalue weighted by atomic mass is 10.2. The number of piperazine rings is 1. The van der Waals surface area contributed by atoms with Gasteiger partial charge in [-0.05, 0) is 42.8 Å². The molecule has 1 N–H and O–H groups in total. The number of nitrogens with one attached hydrogen (secondary N) is 1. The van der Waals surface area contributed by atoms with Gasteiger partial charge in [0.05, 0.1) is 0 Å². The molecule has 1 aromatic heterocycles. The topological polar surface area (TPSA) is 65.5 Å². The molecular weight excluding hydrogens is 359 g/mol. The number of pyridine rings is 1. The lowest BCUT2D eigenvalue weighted by Crippen LogP contribution is -2.49. The average Bonchev–Trinajstić information content (AvgIpc) is 2.74. The van der Waals surface area contributed by atoms with Crippen LogP contribution >= 0.6 is 0 Å². The molecule has 148 valence electrons. The Labute approximate surface area is 164 Å². The van der Waals surface area contributed by atoms with Gasteiger partial charge in [-0.25, -0.2) is 9.37 Å². The summed E-state index contributed by atoms with van der Waals surface area (Å²) in [4.78, 5) is 33.1. The van der Waals surface area contributed by atoms with E-state index in [4.69, 9.17) is 0 Å². The minimum absolute atomic E-state index is 0.179. The fourth-order valence-corrected chi connectivity index (χ4v) is 3.13. The van der Waals surface area contributed by atoms with Crippen LogP contribution in [0, 0.1) is 5.82 Å². The highest BCUT2D eigenvalue weighted by Gasteiger charge is 2.23.